The Morgan fingerprint density at radius 1 is 1.30 bits per heavy atom. The number of thioether (sulfide) groups is 1. The van der Waals surface area contributed by atoms with E-state index in [0.717, 1.165) is 17.9 Å². The highest BCUT2D eigenvalue weighted by Crippen LogP contribution is 2.22. The fourth-order valence-corrected chi connectivity index (χ4v) is 3.88. The molecule has 4 heteroatoms. The molecule has 0 saturated carbocycles. The second-order valence-electron chi connectivity index (χ2n) is 4.76. The molecule has 0 radical (unpaired) electrons. The molecule has 0 amide bonds. The van der Waals surface area contributed by atoms with Gasteiger partial charge >= 0.3 is 0 Å². The van der Waals surface area contributed by atoms with Crippen LogP contribution in [0.3, 0.4) is 0 Å². The molecule has 2 aromatic rings. The van der Waals surface area contributed by atoms with Crippen molar-refractivity contribution < 1.29 is 0 Å². The number of nitrogens with zero attached hydrogens (tertiary/aromatic N) is 1. The number of thiazole rings is 1. The van der Waals surface area contributed by atoms with E-state index in [2.05, 4.69) is 41.9 Å². The van der Waals surface area contributed by atoms with Crippen LogP contribution in [0.2, 0.25) is 0 Å². The maximum Gasteiger partial charge on any atom is 0.0948 e. The van der Waals surface area contributed by atoms with E-state index in [1.54, 1.807) is 11.3 Å². The zero-order chi connectivity index (χ0) is 14.2. The number of rotatable bonds is 8. The van der Waals surface area contributed by atoms with Crippen molar-refractivity contribution in [1.29, 1.82) is 0 Å². The highest BCUT2D eigenvalue weighted by molar-refractivity contribution is 7.99. The lowest BCUT2D eigenvalue weighted by atomic mass is 10.2. The zero-order valence-corrected chi connectivity index (χ0v) is 13.8. The molecule has 0 aliphatic carbocycles. The molecule has 0 saturated heterocycles. The Kier molecular flexibility index (Phi) is 6.57. The van der Waals surface area contributed by atoms with E-state index >= 15 is 0 Å². The molecule has 1 aromatic heterocycles. The van der Waals surface area contributed by atoms with Gasteiger partial charge in [0.2, 0.25) is 0 Å². The largest absolute Gasteiger partial charge is 0.316 e. The van der Waals surface area contributed by atoms with Crippen molar-refractivity contribution in [2.75, 3.05) is 18.6 Å². The third-order valence-corrected chi connectivity index (χ3v) is 5.32. The van der Waals surface area contributed by atoms with E-state index < -0.39 is 0 Å². The van der Waals surface area contributed by atoms with Gasteiger partial charge in [0.05, 0.1) is 10.7 Å². The first-order valence-electron chi connectivity index (χ1n) is 7.08. The van der Waals surface area contributed by atoms with Gasteiger partial charge in [-0.2, -0.15) is 11.8 Å². The average Bonchev–Trinajstić information content (AvgIpc) is 2.96. The van der Waals surface area contributed by atoms with Crippen LogP contribution in [0.5, 0.6) is 0 Å². The van der Waals surface area contributed by atoms with Crippen molar-refractivity contribution >= 4 is 23.1 Å². The summed E-state index contributed by atoms with van der Waals surface area (Å²) in [4.78, 5) is 4.77. The van der Waals surface area contributed by atoms with Gasteiger partial charge in [0.25, 0.3) is 0 Å². The molecule has 1 atom stereocenters. The van der Waals surface area contributed by atoms with Gasteiger partial charge in [-0.25, -0.2) is 4.98 Å². The molecule has 1 N–H and O–H groups in total. The van der Waals surface area contributed by atoms with Crippen molar-refractivity contribution in [3.63, 3.8) is 0 Å². The van der Waals surface area contributed by atoms with Crippen LogP contribution in [0.15, 0.2) is 35.7 Å². The molecule has 2 rings (SSSR count). The maximum atomic E-state index is 4.77. The third-order valence-electron chi connectivity index (χ3n) is 3.12. The molecule has 0 aliphatic heterocycles. The summed E-state index contributed by atoms with van der Waals surface area (Å²) in [5.74, 6) is 2.40. The Labute approximate surface area is 130 Å². The normalized spacial score (nSPS) is 12.5. The summed E-state index contributed by atoms with van der Waals surface area (Å²) in [6.07, 6.45) is 2.27. The van der Waals surface area contributed by atoms with E-state index in [1.807, 2.05) is 24.9 Å². The standard InChI is InChI=1S/C16H22N2S2/c1-3-9-19-11-14(17-2)10-16-18-15(12-20-16)13-7-5-4-6-8-13/h4-8,12,14,17H,3,9-11H2,1-2H3. The second-order valence-corrected chi connectivity index (χ2v) is 6.85. The lowest BCUT2D eigenvalue weighted by Gasteiger charge is -2.13. The quantitative estimate of drug-likeness (QED) is 0.744. The van der Waals surface area contributed by atoms with Crippen LogP contribution in [0.1, 0.15) is 18.4 Å². The predicted octanol–water partition coefficient (Wildman–Crippen LogP) is 4.08. The minimum atomic E-state index is 0.515. The predicted molar refractivity (Wildman–Crippen MR) is 91.7 cm³/mol. The van der Waals surface area contributed by atoms with Crippen LogP contribution in [-0.4, -0.2) is 29.6 Å². The van der Waals surface area contributed by atoms with Gasteiger partial charge < -0.3 is 5.32 Å². The Hall–Kier alpha value is -0.840. The molecule has 0 aliphatic rings. The molecule has 108 valence electrons. The summed E-state index contributed by atoms with van der Waals surface area (Å²) in [6, 6.07) is 10.9. The van der Waals surface area contributed by atoms with E-state index in [0.29, 0.717) is 6.04 Å². The molecule has 1 unspecified atom stereocenters. The summed E-state index contributed by atoms with van der Waals surface area (Å²) >= 11 is 3.79. The lowest BCUT2D eigenvalue weighted by Crippen LogP contribution is -2.30. The molecule has 0 bridgehead atoms. The number of nitrogens with one attached hydrogen (secondary N) is 1. The minimum absolute atomic E-state index is 0.515. The molecular weight excluding hydrogens is 284 g/mol. The Morgan fingerprint density at radius 2 is 2.10 bits per heavy atom. The Balaban J connectivity index is 1.94. The van der Waals surface area contributed by atoms with Gasteiger partial charge in [0.15, 0.2) is 0 Å². The maximum absolute atomic E-state index is 4.77. The number of benzene rings is 1. The van der Waals surface area contributed by atoms with Crippen molar-refractivity contribution in [2.45, 2.75) is 25.8 Å². The average molecular weight is 306 g/mol. The number of likely N-dealkylation sites (N-methyl/N-ethyl adjacent to an activating group) is 1. The molecule has 1 heterocycles. The first-order chi connectivity index (χ1) is 9.83. The summed E-state index contributed by atoms with van der Waals surface area (Å²) in [7, 11) is 2.04. The van der Waals surface area contributed by atoms with Gasteiger partial charge in [-0.1, -0.05) is 37.3 Å². The monoisotopic (exact) mass is 306 g/mol. The van der Waals surface area contributed by atoms with Gasteiger partial charge in [-0.05, 0) is 19.2 Å². The summed E-state index contributed by atoms with van der Waals surface area (Å²) in [5, 5.41) is 6.79. The van der Waals surface area contributed by atoms with E-state index in [9.17, 15) is 0 Å². The summed E-state index contributed by atoms with van der Waals surface area (Å²) < 4.78 is 0. The Bertz CT molecular complexity index is 496. The van der Waals surface area contributed by atoms with Crippen LogP contribution in [0.25, 0.3) is 11.3 Å². The van der Waals surface area contributed by atoms with Gasteiger partial charge in [-0.3, -0.25) is 0 Å². The van der Waals surface area contributed by atoms with Crippen molar-refractivity contribution in [3.05, 3.63) is 40.7 Å². The van der Waals surface area contributed by atoms with E-state index in [1.165, 1.54) is 22.7 Å². The number of hydrogen-bond acceptors (Lipinski definition) is 4. The Morgan fingerprint density at radius 3 is 2.80 bits per heavy atom. The summed E-state index contributed by atoms with van der Waals surface area (Å²) in [6.45, 7) is 2.23. The molecular formula is C16H22N2S2. The topological polar surface area (TPSA) is 24.9 Å². The fourth-order valence-electron chi connectivity index (χ4n) is 1.97. The summed E-state index contributed by atoms with van der Waals surface area (Å²) in [5.41, 5.74) is 2.30. The van der Waals surface area contributed by atoms with Crippen LogP contribution in [-0.2, 0) is 6.42 Å². The van der Waals surface area contributed by atoms with Crippen LogP contribution >= 0.6 is 23.1 Å². The van der Waals surface area contributed by atoms with Gasteiger partial charge in [-0.15, -0.1) is 11.3 Å². The second kappa shape index (κ2) is 8.45. The van der Waals surface area contributed by atoms with Gasteiger partial charge in [0, 0.05) is 29.2 Å². The molecule has 0 fully saturated rings. The first kappa shape index (κ1) is 15.5. The van der Waals surface area contributed by atoms with E-state index in [4.69, 9.17) is 4.98 Å². The van der Waals surface area contributed by atoms with E-state index in [-0.39, 0.29) is 0 Å². The van der Waals surface area contributed by atoms with Gasteiger partial charge in [0.1, 0.15) is 0 Å². The molecule has 0 spiro atoms. The number of aromatic nitrogens is 1. The fraction of sp³-hybridized carbons (Fsp3) is 0.438. The van der Waals surface area contributed by atoms with Crippen LogP contribution in [0, 0.1) is 0 Å². The minimum Gasteiger partial charge on any atom is -0.316 e. The highest BCUT2D eigenvalue weighted by Gasteiger charge is 2.11. The third kappa shape index (κ3) is 4.62. The molecule has 20 heavy (non-hydrogen) atoms. The van der Waals surface area contributed by atoms with Crippen molar-refractivity contribution in [1.82, 2.24) is 10.3 Å². The zero-order valence-electron chi connectivity index (χ0n) is 12.1. The van der Waals surface area contributed by atoms with Crippen molar-refractivity contribution in [3.8, 4) is 11.3 Å². The molecule has 2 nitrogen and oxygen atoms in total. The van der Waals surface area contributed by atoms with Crippen LogP contribution in [0.4, 0.5) is 0 Å². The first-order valence-corrected chi connectivity index (χ1v) is 9.11. The number of hydrogen-bond donors (Lipinski definition) is 1. The smallest absolute Gasteiger partial charge is 0.0948 e. The van der Waals surface area contributed by atoms with Crippen LogP contribution < -0.4 is 5.32 Å². The van der Waals surface area contributed by atoms with Crippen molar-refractivity contribution in [2.24, 2.45) is 0 Å². The SMILES string of the molecule is CCCSCC(Cc1nc(-c2ccccc2)cs1)NC. The molecule has 1 aromatic carbocycles. The lowest BCUT2D eigenvalue weighted by molar-refractivity contribution is 0.615. The highest BCUT2D eigenvalue weighted by atomic mass is 32.2.